The molecule has 37 heavy (non-hydrogen) atoms. The number of hydrogen-bond donors (Lipinski definition) is 1. The molecule has 0 bridgehead atoms. The van der Waals surface area contributed by atoms with Crippen molar-refractivity contribution >= 4 is 11.8 Å². The molecule has 0 saturated heterocycles. The van der Waals surface area contributed by atoms with Crippen LogP contribution in [0.25, 0.3) is 0 Å². The molecule has 1 aliphatic rings. The van der Waals surface area contributed by atoms with E-state index in [9.17, 15) is 14.0 Å². The Morgan fingerprint density at radius 2 is 1.59 bits per heavy atom. The normalized spacial score (nSPS) is 13.2. The lowest BCUT2D eigenvalue weighted by molar-refractivity contribution is -0.141. The molecule has 0 fully saturated rings. The van der Waals surface area contributed by atoms with Crippen LogP contribution in [0.4, 0.5) is 4.39 Å². The standard InChI is InChI=1S/C30H33FN2O4/c1-30(2,3)32-29(35)25(17-21-7-5-4-6-8-21)33(19-23-9-13-24(31)14-10-23)28(34)16-12-22-11-15-26-27(18-22)37-20-36-26/h4-11,13-15,18,25H,12,16-17,19-20H2,1-3H3,(H,32,35)/t25-/m0/s1. The summed E-state index contributed by atoms with van der Waals surface area (Å²) in [4.78, 5) is 28.9. The number of hydrogen-bond acceptors (Lipinski definition) is 4. The quantitative estimate of drug-likeness (QED) is 0.443. The van der Waals surface area contributed by atoms with Crippen LogP contribution in [0, 0.1) is 5.82 Å². The van der Waals surface area contributed by atoms with Gasteiger partial charge in [-0.05, 0) is 68.1 Å². The predicted molar refractivity (Wildman–Crippen MR) is 140 cm³/mol. The minimum absolute atomic E-state index is 0.160. The summed E-state index contributed by atoms with van der Waals surface area (Å²) in [6.45, 7) is 6.12. The van der Waals surface area contributed by atoms with Gasteiger partial charge in [0.25, 0.3) is 0 Å². The number of aryl methyl sites for hydroxylation is 1. The zero-order valence-corrected chi connectivity index (χ0v) is 21.5. The number of nitrogens with zero attached hydrogens (tertiary/aromatic N) is 1. The van der Waals surface area contributed by atoms with Crippen molar-refractivity contribution in [2.75, 3.05) is 6.79 Å². The molecule has 0 saturated carbocycles. The van der Waals surface area contributed by atoms with E-state index in [1.165, 1.54) is 12.1 Å². The fraction of sp³-hybridized carbons (Fsp3) is 0.333. The zero-order valence-electron chi connectivity index (χ0n) is 21.5. The molecule has 6 nitrogen and oxygen atoms in total. The van der Waals surface area contributed by atoms with E-state index in [4.69, 9.17) is 9.47 Å². The average molecular weight is 505 g/mol. The maximum atomic E-state index is 13.7. The first kappa shape index (κ1) is 26.2. The predicted octanol–water partition coefficient (Wildman–Crippen LogP) is 5.04. The van der Waals surface area contributed by atoms with Crippen molar-refractivity contribution < 1.29 is 23.5 Å². The van der Waals surface area contributed by atoms with Gasteiger partial charge in [-0.15, -0.1) is 0 Å². The molecule has 194 valence electrons. The number of amides is 2. The number of nitrogens with one attached hydrogen (secondary N) is 1. The molecule has 1 N–H and O–H groups in total. The highest BCUT2D eigenvalue weighted by atomic mass is 19.1. The van der Waals surface area contributed by atoms with E-state index in [1.54, 1.807) is 17.0 Å². The molecule has 0 radical (unpaired) electrons. The molecule has 0 aromatic heterocycles. The lowest BCUT2D eigenvalue weighted by Crippen LogP contribution is -2.54. The SMILES string of the molecule is CC(C)(C)NC(=O)[C@H](Cc1ccccc1)N(Cc1ccc(F)cc1)C(=O)CCc1ccc2c(c1)OCO2. The van der Waals surface area contributed by atoms with Crippen LogP contribution in [-0.2, 0) is 29.0 Å². The summed E-state index contributed by atoms with van der Waals surface area (Å²) >= 11 is 0. The maximum absolute atomic E-state index is 13.7. The van der Waals surface area contributed by atoms with Crippen molar-refractivity contribution in [3.05, 3.63) is 95.3 Å². The molecular weight excluding hydrogens is 471 g/mol. The second kappa shape index (κ2) is 11.5. The van der Waals surface area contributed by atoms with E-state index in [0.717, 1.165) is 16.7 Å². The van der Waals surface area contributed by atoms with Crippen molar-refractivity contribution in [3.8, 4) is 11.5 Å². The molecule has 0 aliphatic carbocycles. The molecule has 0 spiro atoms. The fourth-order valence-corrected chi connectivity index (χ4v) is 4.28. The van der Waals surface area contributed by atoms with E-state index in [2.05, 4.69) is 5.32 Å². The van der Waals surface area contributed by atoms with Crippen LogP contribution in [0.15, 0.2) is 72.8 Å². The van der Waals surface area contributed by atoms with Gasteiger partial charge in [-0.25, -0.2) is 4.39 Å². The Morgan fingerprint density at radius 3 is 2.30 bits per heavy atom. The monoisotopic (exact) mass is 504 g/mol. The molecule has 1 aliphatic heterocycles. The summed E-state index contributed by atoms with van der Waals surface area (Å²) in [5, 5.41) is 3.05. The zero-order chi connectivity index (χ0) is 26.4. The summed E-state index contributed by atoms with van der Waals surface area (Å²) in [5.41, 5.74) is 2.17. The third-order valence-corrected chi connectivity index (χ3v) is 6.10. The number of ether oxygens (including phenoxy) is 2. The number of rotatable bonds is 9. The van der Waals surface area contributed by atoms with Gasteiger partial charge in [0.05, 0.1) is 0 Å². The molecule has 3 aromatic carbocycles. The Kier molecular flexibility index (Phi) is 8.11. The third kappa shape index (κ3) is 7.32. The van der Waals surface area contributed by atoms with Crippen molar-refractivity contribution in [1.29, 1.82) is 0 Å². The first-order valence-electron chi connectivity index (χ1n) is 12.5. The number of carbonyl (C=O) groups excluding carboxylic acids is 2. The molecule has 7 heteroatoms. The van der Waals surface area contributed by atoms with Crippen LogP contribution in [0.1, 0.15) is 43.9 Å². The second-order valence-electron chi connectivity index (χ2n) is 10.3. The van der Waals surface area contributed by atoms with E-state index >= 15 is 0 Å². The van der Waals surface area contributed by atoms with Crippen LogP contribution in [-0.4, -0.2) is 35.1 Å². The highest BCUT2D eigenvalue weighted by Gasteiger charge is 2.32. The van der Waals surface area contributed by atoms with Crippen LogP contribution >= 0.6 is 0 Å². The molecule has 3 aromatic rings. The Morgan fingerprint density at radius 1 is 0.919 bits per heavy atom. The number of halogens is 1. The average Bonchev–Trinajstić information content (AvgIpc) is 3.33. The third-order valence-electron chi connectivity index (χ3n) is 6.10. The summed E-state index contributed by atoms with van der Waals surface area (Å²) in [7, 11) is 0. The van der Waals surface area contributed by atoms with Crippen molar-refractivity contribution in [2.45, 2.75) is 58.2 Å². The molecule has 1 atom stereocenters. The largest absolute Gasteiger partial charge is 0.454 e. The fourth-order valence-electron chi connectivity index (χ4n) is 4.28. The lowest BCUT2D eigenvalue weighted by Gasteiger charge is -2.34. The minimum atomic E-state index is -0.740. The van der Waals surface area contributed by atoms with E-state index in [-0.39, 0.29) is 37.4 Å². The summed E-state index contributed by atoms with van der Waals surface area (Å²) in [5.74, 6) is 0.618. The number of carbonyl (C=O) groups is 2. The smallest absolute Gasteiger partial charge is 0.243 e. The highest BCUT2D eigenvalue weighted by Crippen LogP contribution is 2.33. The molecule has 1 heterocycles. The highest BCUT2D eigenvalue weighted by molar-refractivity contribution is 5.88. The number of benzene rings is 3. The van der Waals surface area contributed by atoms with Crippen molar-refractivity contribution in [3.63, 3.8) is 0 Å². The van der Waals surface area contributed by atoms with Gasteiger partial charge in [-0.1, -0.05) is 48.5 Å². The topological polar surface area (TPSA) is 67.9 Å². The van der Waals surface area contributed by atoms with Gasteiger partial charge in [0, 0.05) is 24.9 Å². The van der Waals surface area contributed by atoms with Crippen LogP contribution in [0.3, 0.4) is 0 Å². The Bertz CT molecular complexity index is 1220. The van der Waals surface area contributed by atoms with E-state index < -0.39 is 11.6 Å². The Balaban J connectivity index is 1.60. The van der Waals surface area contributed by atoms with Gasteiger partial charge >= 0.3 is 0 Å². The summed E-state index contributed by atoms with van der Waals surface area (Å²) in [6, 6.07) is 20.6. The van der Waals surface area contributed by atoms with Crippen molar-refractivity contribution in [2.24, 2.45) is 0 Å². The first-order chi connectivity index (χ1) is 17.7. The van der Waals surface area contributed by atoms with E-state index in [1.807, 2.05) is 69.3 Å². The van der Waals surface area contributed by atoms with Gasteiger partial charge in [-0.2, -0.15) is 0 Å². The van der Waals surface area contributed by atoms with Gasteiger partial charge in [-0.3, -0.25) is 9.59 Å². The summed E-state index contributed by atoms with van der Waals surface area (Å²) < 4.78 is 24.4. The molecular formula is C30H33FN2O4. The second-order valence-corrected chi connectivity index (χ2v) is 10.3. The van der Waals surface area contributed by atoms with Gasteiger partial charge in [0.2, 0.25) is 18.6 Å². The van der Waals surface area contributed by atoms with Crippen LogP contribution < -0.4 is 14.8 Å². The summed E-state index contributed by atoms with van der Waals surface area (Å²) in [6.07, 6.45) is 1.04. The van der Waals surface area contributed by atoms with Gasteiger partial charge in [0.1, 0.15) is 11.9 Å². The molecule has 4 rings (SSSR count). The van der Waals surface area contributed by atoms with Crippen molar-refractivity contribution in [1.82, 2.24) is 10.2 Å². The van der Waals surface area contributed by atoms with Crippen LogP contribution in [0.2, 0.25) is 0 Å². The minimum Gasteiger partial charge on any atom is -0.454 e. The first-order valence-corrected chi connectivity index (χ1v) is 12.5. The Labute approximate surface area is 217 Å². The maximum Gasteiger partial charge on any atom is 0.243 e. The lowest BCUT2D eigenvalue weighted by atomic mass is 9.99. The van der Waals surface area contributed by atoms with E-state index in [0.29, 0.717) is 24.3 Å². The number of fused-ring (bicyclic) bond motifs is 1. The Hall–Kier alpha value is -3.87. The van der Waals surface area contributed by atoms with Gasteiger partial charge < -0.3 is 19.7 Å². The van der Waals surface area contributed by atoms with Crippen LogP contribution in [0.5, 0.6) is 11.5 Å². The molecule has 0 unspecified atom stereocenters. The molecule has 2 amide bonds. The van der Waals surface area contributed by atoms with Gasteiger partial charge in [0.15, 0.2) is 11.5 Å².